The van der Waals surface area contributed by atoms with Crippen LogP contribution in [-0.2, 0) is 4.79 Å². The van der Waals surface area contributed by atoms with Crippen molar-refractivity contribution in [2.45, 2.75) is 8.68 Å². The summed E-state index contributed by atoms with van der Waals surface area (Å²) in [5.74, 6) is -0.731. The summed E-state index contributed by atoms with van der Waals surface area (Å²) in [5.41, 5.74) is 0. The maximum Gasteiger partial charge on any atom is 0.314 e. The summed E-state index contributed by atoms with van der Waals surface area (Å²) in [6.07, 6.45) is 1.93. The Kier molecular flexibility index (Phi) is 4.92. The van der Waals surface area contributed by atoms with E-state index in [2.05, 4.69) is 10.2 Å². The SMILES string of the molecule is CSc1nnc(SSCC(=O)O)s1. The molecule has 0 saturated carbocycles. The summed E-state index contributed by atoms with van der Waals surface area (Å²) in [4.78, 5) is 10.2. The lowest BCUT2D eigenvalue weighted by Gasteiger charge is -1.90. The molecule has 0 aromatic carbocycles. The van der Waals surface area contributed by atoms with Gasteiger partial charge in [0.05, 0.1) is 0 Å². The second-order valence-electron chi connectivity index (χ2n) is 1.78. The molecule has 0 bridgehead atoms. The highest BCUT2D eigenvalue weighted by atomic mass is 33.1. The van der Waals surface area contributed by atoms with Crippen molar-refractivity contribution in [3.8, 4) is 0 Å². The average molecular weight is 254 g/mol. The molecule has 0 aliphatic carbocycles. The van der Waals surface area contributed by atoms with Gasteiger partial charge in [-0.2, -0.15) is 0 Å². The summed E-state index contributed by atoms with van der Waals surface area (Å²) in [6.45, 7) is 0. The highest BCUT2D eigenvalue weighted by Crippen LogP contribution is 2.34. The predicted octanol–water partition coefficient (Wildman–Crippen LogP) is 2.08. The van der Waals surface area contributed by atoms with Gasteiger partial charge in [0, 0.05) is 0 Å². The van der Waals surface area contributed by atoms with Crippen molar-refractivity contribution in [1.82, 2.24) is 10.2 Å². The zero-order chi connectivity index (χ0) is 9.68. The third kappa shape index (κ3) is 4.21. The van der Waals surface area contributed by atoms with E-state index in [1.54, 1.807) is 0 Å². The molecule has 13 heavy (non-hydrogen) atoms. The first-order chi connectivity index (χ1) is 6.22. The van der Waals surface area contributed by atoms with E-state index < -0.39 is 5.97 Å². The minimum Gasteiger partial charge on any atom is -0.481 e. The number of aliphatic carboxylic acids is 1. The lowest BCUT2D eigenvalue weighted by atomic mass is 10.8. The summed E-state index contributed by atoms with van der Waals surface area (Å²) >= 11 is 3.01. The van der Waals surface area contributed by atoms with Crippen LogP contribution in [0, 0.1) is 0 Å². The van der Waals surface area contributed by atoms with Crippen LogP contribution in [0.2, 0.25) is 0 Å². The molecule has 72 valence electrons. The Morgan fingerprint density at radius 1 is 1.54 bits per heavy atom. The van der Waals surface area contributed by atoms with Gasteiger partial charge in [-0.05, 0) is 17.0 Å². The third-order valence-electron chi connectivity index (χ3n) is 0.875. The maximum absolute atomic E-state index is 10.2. The van der Waals surface area contributed by atoms with Gasteiger partial charge in [-0.3, -0.25) is 4.79 Å². The molecule has 0 unspecified atom stereocenters. The molecular weight excluding hydrogens is 248 g/mol. The third-order valence-corrected chi connectivity index (χ3v) is 5.27. The van der Waals surface area contributed by atoms with E-state index in [-0.39, 0.29) is 5.75 Å². The molecular formula is C5H6N2O2S4. The molecule has 1 rings (SSSR count). The number of thioether (sulfide) groups is 1. The van der Waals surface area contributed by atoms with Crippen LogP contribution >= 0.6 is 44.7 Å². The number of rotatable bonds is 5. The highest BCUT2D eigenvalue weighted by Gasteiger charge is 2.05. The molecule has 1 heterocycles. The molecule has 8 heteroatoms. The van der Waals surface area contributed by atoms with Gasteiger partial charge in [0.15, 0.2) is 8.68 Å². The summed E-state index contributed by atoms with van der Waals surface area (Å²) in [6, 6.07) is 0. The molecule has 0 saturated heterocycles. The number of hydrogen-bond acceptors (Lipinski definition) is 7. The maximum atomic E-state index is 10.2. The average Bonchev–Trinajstić information content (AvgIpc) is 2.52. The fourth-order valence-corrected chi connectivity index (χ4v) is 3.94. The van der Waals surface area contributed by atoms with E-state index in [9.17, 15) is 4.79 Å². The molecule has 1 aromatic rings. The van der Waals surface area contributed by atoms with Crippen LogP contribution in [0.25, 0.3) is 0 Å². The Balaban J connectivity index is 2.32. The van der Waals surface area contributed by atoms with E-state index in [0.29, 0.717) is 0 Å². The first kappa shape index (κ1) is 11.2. The fraction of sp³-hybridized carbons (Fsp3) is 0.400. The molecule has 0 aliphatic heterocycles. The van der Waals surface area contributed by atoms with Gasteiger partial charge in [0.2, 0.25) is 0 Å². The lowest BCUT2D eigenvalue weighted by Crippen LogP contribution is -1.95. The molecule has 0 fully saturated rings. The summed E-state index contributed by atoms with van der Waals surface area (Å²) < 4.78 is 1.70. The number of nitrogens with zero attached hydrogens (tertiary/aromatic N) is 2. The quantitative estimate of drug-likeness (QED) is 0.637. The molecule has 0 aliphatic rings. The molecule has 0 amide bonds. The predicted molar refractivity (Wildman–Crippen MR) is 57.6 cm³/mol. The van der Waals surface area contributed by atoms with E-state index in [1.807, 2.05) is 6.26 Å². The zero-order valence-corrected chi connectivity index (χ0v) is 9.86. The minimum atomic E-state index is -0.813. The highest BCUT2D eigenvalue weighted by molar-refractivity contribution is 8.77. The molecule has 0 spiro atoms. The Bertz CT molecular complexity index is 290. The van der Waals surface area contributed by atoms with Crippen molar-refractivity contribution in [3.05, 3.63) is 0 Å². The van der Waals surface area contributed by atoms with Crippen molar-refractivity contribution >= 4 is 50.7 Å². The van der Waals surface area contributed by atoms with Gasteiger partial charge in [-0.15, -0.1) is 10.2 Å². The Morgan fingerprint density at radius 3 is 2.77 bits per heavy atom. The molecule has 0 atom stereocenters. The zero-order valence-electron chi connectivity index (χ0n) is 6.59. The Labute approximate surface area is 91.3 Å². The Hall–Kier alpha value is 0.0800. The second-order valence-corrected chi connectivity index (χ2v) is 6.35. The molecule has 0 radical (unpaired) electrons. The van der Waals surface area contributed by atoms with Gasteiger partial charge in [-0.1, -0.05) is 33.9 Å². The smallest absolute Gasteiger partial charge is 0.314 e. The lowest BCUT2D eigenvalue weighted by molar-refractivity contribution is -0.133. The van der Waals surface area contributed by atoms with Crippen molar-refractivity contribution in [2.75, 3.05) is 12.0 Å². The van der Waals surface area contributed by atoms with Crippen LogP contribution in [0.1, 0.15) is 0 Å². The molecule has 1 N–H and O–H groups in total. The van der Waals surface area contributed by atoms with Crippen LogP contribution in [-0.4, -0.2) is 33.3 Å². The van der Waals surface area contributed by atoms with Gasteiger partial charge in [-0.25, -0.2) is 0 Å². The summed E-state index contributed by atoms with van der Waals surface area (Å²) in [5, 5.41) is 16.1. The van der Waals surface area contributed by atoms with Gasteiger partial charge in [0.25, 0.3) is 0 Å². The van der Waals surface area contributed by atoms with E-state index in [1.165, 1.54) is 44.7 Å². The van der Waals surface area contributed by atoms with Crippen LogP contribution in [0.3, 0.4) is 0 Å². The van der Waals surface area contributed by atoms with E-state index in [4.69, 9.17) is 5.11 Å². The normalized spacial score (nSPS) is 10.2. The number of carboxylic acid groups (broad SMARTS) is 1. The van der Waals surface area contributed by atoms with Crippen molar-refractivity contribution in [2.24, 2.45) is 0 Å². The van der Waals surface area contributed by atoms with E-state index in [0.717, 1.165) is 8.68 Å². The first-order valence-electron chi connectivity index (χ1n) is 3.11. The van der Waals surface area contributed by atoms with Crippen molar-refractivity contribution in [3.63, 3.8) is 0 Å². The van der Waals surface area contributed by atoms with Crippen molar-refractivity contribution in [1.29, 1.82) is 0 Å². The molecule has 1 aromatic heterocycles. The fourth-order valence-electron chi connectivity index (χ4n) is 0.444. The van der Waals surface area contributed by atoms with Crippen LogP contribution in [0.5, 0.6) is 0 Å². The second kappa shape index (κ2) is 5.74. The largest absolute Gasteiger partial charge is 0.481 e. The Morgan fingerprint density at radius 2 is 2.23 bits per heavy atom. The van der Waals surface area contributed by atoms with Crippen LogP contribution < -0.4 is 0 Å². The van der Waals surface area contributed by atoms with E-state index >= 15 is 0 Å². The van der Waals surface area contributed by atoms with Crippen molar-refractivity contribution < 1.29 is 9.90 Å². The topological polar surface area (TPSA) is 63.1 Å². The first-order valence-corrected chi connectivity index (χ1v) is 7.47. The monoisotopic (exact) mass is 254 g/mol. The van der Waals surface area contributed by atoms with Gasteiger partial charge >= 0.3 is 5.97 Å². The van der Waals surface area contributed by atoms with Gasteiger partial charge < -0.3 is 5.11 Å². The minimum absolute atomic E-state index is 0.0822. The number of carbonyl (C=O) groups is 1. The number of aromatic nitrogens is 2. The van der Waals surface area contributed by atoms with Crippen LogP contribution in [0.15, 0.2) is 8.68 Å². The summed E-state index contributed by atoms with van der Waals surface area (Å²) in [7, 11) is 2.61. The van der Waals surface area contributed by atoms with Gasteiger partial charge in [0.1, 0.15) is 5.75 Å². The molecule has 4 nitrogen and oxygen atoms in total. The number of carboxylic acids is 1. The number of hydrogen-bond donors (Lipinski definition) is 1. The standard InChI is InChI=1S/C5H6N2O2S4/c1-10-4-6-7-5(12-4)13-11-2-3(8)9/h2H2,1H3,(H,8,9). The van der Waals surface area contributed by atoms with Crippen LogP contribution in [0.4, 0.5) is 0 Å².